The van der Waals surface area contributed by atoms with E-state index in [1.807, 2.05) is 30.3 Å². The summed E-state index contributed by atoms with van der Waals surface area (Å²) in [5, 5.41) is 10.8. The lowest BCUT2D eigenvalue weighted by atomic mass is 10.1. The molecule has 2 N–H and O–H groups in total. The second-order valence-electron chi connectivity index (χ2n) is 5.24. The Balaban J connectivity index is 1.98. The zero-order valence-corrected chi connectivity index (χ0v) is 13.3. The van der Waals surface area contributed by atoms with Crippen molar-refractivity contribution in [2.45, 2.75) is 6.04 Å². The van der Waals surface area contributed by atoms with Gasteiger partial charge < -0.3 is 15.0 Å². The smallest absolute Gasteiger partial charge is 0.256 e. The van der Waals surface area contributed by atoms with E-state index in [9.17, 15) is 9.90 Å². The summed E-state index contributed by atoms with van der Waals surface area (Å²) in [6.45, 7) is -0.166. The molecule has 0 aliphatic rings. The van der Waals surface area contributed by atoms with Gasteiger partial charge in [0.1, 0.15) is 5.65 Å². The van der Waals surface area contributed by atoms with Crippen molar-refractivity contribution < 1.29 is 9.90 Å². The summed E-state index contributed by atoms with van der Waals surface area (Å²) < 4.78 is 0. The van der Waals surface area contributed by atoms with Gasteiger partial charge in [0.25, 0.3) is 5.91 Å². The number of carbonyl (C=O) groups excluding carboxylic acids is 1. The molecule has 0 aliphatic carbocycles. The number of H-pyrrole nitrogens is 1. The first-order valence-corrected chi connectivity index (χ1v) is 7.56. The number of carbonyl (C=O) groups is 1. The fourth-order valence-electron chi connectivity index (χ4n) is 2.64. The van der Waals surface area contributed by atoms with Crippen LogP contribution in [0.5, 0.6) is 0 Å². The quantitative estimate of drug-likeness (QED) is 0.773. The Labute approximate surface area is 138 Å². The molecular formula is C17H16ClN3O2. The number of fused-ring (bicyclic) bond motifs is 1. The molecule has 1 amide bonds. The molecule has 0 bridgehead atoms. The summed E-state index contributed by atoms with van der Waals surface area (Å²) in [6, 6.07) is 10.6. The zero-order chi connectivity index (χ0) is 16.4. The van der Waals surface area contributed by atoms with Crippen molar-refractivity contribution in [3.8, 4) is 0 Å². The van der Waals surface area contributed by atoms with Gasteiger partial charge in [-0.2, -0.15) is 0 Å². The van der Waals surface area contributed by atoms with E-state index in [-0.39, 0.29) is 12.5 Å². The average molecular weight is 330 g/mol. The molecule has 0 radical (unpaired) electrons. The molecule has 1 atom stereocenters. The van der Waals surface area contributed by atoms with Crippen molar-refractivity contribution in [2.75, 3.05) is 13.7 Å². The number of benzene rings is 1. The van der Waals surface area contributed by atoms with Crippen molar-refractivity contribution in [1.82, 2.24) is 14.9 Å². The molecule has 5 nitrogen and oxygen atoms in total. The molecule has 1 aromatic carbocycles. The van der Waals surface area contributed by atoms with E-state index in [1.54, 1.807) is 25.5 Å². The third kappa shape index (κ3) is 2.81. The molecule has 0 saturated heterocycles. The maximum Gasteiger partial charge on any atom is 0.256 e. The number of pyridine rings is 1. The number of likely N-dealkylation sites (N-methyl/N-ethyl adjacent to an activating group) is 1. The molecular weight excluding hydrogens is 314 g/mol. The molecule has 0 fully saturated rings. The van der Waals surface area contributed by atoms with Crippen molar-refractivity contribution in [2.24, 2.45) is 0 Å². The van der Waals surface area contributed by atoms with Crippen LogP contribution in [-0.4, -0.2) is 39.5 Å². The lowest BCUT2D eigenvalue weighted by Gasteiger charge is -2.27. The van der Waals surface area contributed by atoms with E-state index >= 15 is 0 Å². The highest BCUT2D eigenvalue weighted by atomic mass is 35.5. The van der Waals surface area contributed by atoms with Gasteiger partial charge in [-0.05, 0) is 11.6 Å². The zero-order valence-electron chi connectivity index (χ0n) is 12.5. The van der Waals surface area contributed by atoms with Crippen molar-refractivity contribution >= 4 is 28.5 Å². The number of halogens is 1. The number of aliphatic hydroxyl groups excluding tert-OH is 1. The maximum atomic E-state index is 12.9. The second-order valence-corrected chi connectivity index (χ2v) is 5.65. The second kappa shape index (κ2) is 6.40. The fourth-order valence-corrected chi connectivity index (χ4v) is 2.89. The predicted molar refractivity (Wildman–Crippen MR) is 89.5 cm³/mol. The molecule has 0 saturated carbocycles. The average Bonchev–Trinajstić information content (AvgIpc) is 3.01. The van der Waals surface area contributed by atoms with Crippen LogP contribution >= 0.6 is 11.6 Å². The van der Waals surface area contributed by atoms with Crippen LogP contribution in [0.2, 0.25) is 5.02 Å². The lowest BCUT2D eigenvalue weighted by molar-refractivity contribution is 0.0660. The predicted octanol–water partition coefficient (Wildman–Crippen LogP) is 3.02. The largest absolute Gasteiger partial charge is 0.394 e. The Morgan fingerprint density at radius 2 is 2.09 bits per heavy atom. The highest BCUT2D eigenvalue weighted by Crippen LogP contribution is 2.28. The molecule has 2 aromatic heterocycles. The molecule has 3 aromatic rings. The van der Waals surface area contributed by atoms with Crippen LogP contribution < -0.4 is 0 Å². The van der Waals surface area contributed by atoms with Gasteiger partial charge in [0, 0.05) is 19.4 Å². The van der Waals surface area contributed by atoms with E-state index in [1.165, 1.54) is 4.90 Å². The lowest BCUT2D eigenvalue weighted by Crippen LogP contribution is -2.33. The summed E-state index contributed by atoms with van der Waals surface area (Å²) in [5.74, 6) is -0.228. The molecule has 1 unspecified atom stereocenters. The number of aliphatic hydroxyl groups is 1. The number of hydrogen-bond donors (Lipinski definition) is 2. The van der Waals surface area contributed by atoms with E-state index in [0.717, 1.165) is 5.56 Å². The van der Waals surface area contributed by atoms with Crippen LogP contribution in [0.3, 0.4) is 0 Å². The molecule has 6 heteroatoms. The third-order valence-corrected chi connectivity index (χ3v) is 4.21. The monoisotopic (exact) mass is 329 g/mol. The number of aromatic amines is 1. The van der Waals surface area contributed by atoms with Crippen LogP contribution in [0.1, 0.15) is 22.0 Å². The SMILES string of the molecule is CN(C(=O)c1c[nH]c2nccc(Cl)c12)C(CO)c1ccccc1. The Morgan fingerprint density at radius 1 is 1.35 bits per heavy atom. The van der Waals surface area contributed by atoms with E-state index < -0.39 is 6.04 Å². The summed E-state index contributed by atoms with van der Waals surface area (Å²) in [6.07, 6.45) is 3.18. The molecule has 3 rings (SSSR count). The maximum absolute atomic E-state index is 12.9. The van der Waals surface area contributed by atoms with Crippen LogP contribution in [0.15, 0.2) is 48.8 Å². The van der Waals surface area contributed by atoms with E-state index in [0.29, 0.717) is 21.6 Å². The summed E-state index contributed by atoms with van der Waals surface area (Å²) in [7, 11) is 1.67. The van der Waals surface area contributed by atoms with Gasteiger partial charge in [-0.15, -0.1) is 0 Å². The first kappa shape index (κ1) is 15.5. The van der Waals surface area contributed by atoms with E-state index in [2.05, 4.69) is 9.97 Å². The summed E-state index contributed by atoms with van der Waals surface area (Å²) in [4.78, 5) is 21.5. The minimum absolute atomic E-state index is 0.166. The van der Waals surface area contributed by atoms with Gasteiger partial charge in [-0.1, -0.05) is 41.9 Å². The van der Waals surface area contributed by atoms with Crippen molar-refractivity contribution in [3.63, 3.8) is 0 Å². The molecule has 23 heavy (non-hydrogen) atoms. The van der Waals surface area contributed by atoms with Gasteiger partial charge in [-0.25, -0.2) is 4.98 Å². The van der Waals surface area contributed by atoms with Gasteiger partial charge in [0.05, 0.1) is 28.6 Å². The Hall–Kier alpha value is -2.37. The van der Waals surface area contributed by atoms with Gasteiger partial charge in [0.2, 0.25) is 0 Å². The van der Waals surface area contributed by atoms with Crippen LogP contribution in [0.4, 0.5) is 0 Å². The standard InChI is InChI=1S/C17H16ClN3O2/c1-21(14(10-22)11-5-3-2-4-6-11)17(23)12-9-20-16-15(12)13(18)7-8-19-16/h2-9,14,22H,10H2,1H3,(H,19,20). The third-order valence-electron chi connectivity index (χ3n) is 3.90. The summed E-state index contributed by atoms with van der Waals surface area (Å²) >= 11 is 6.20. The Kier molecular flexibility index (Phi) is 4.32. The molecule has 2 heterocycles. The van der Waals surface area contributed by atoms with E-state index in [4.69, 9.17) is 11.6 Å². The molecule has 118 valence electrons. The number of rotatable bonds is 4. The summed E-state index contributed by atoms with van der Waals surface area (Å²) in [5.41, 5.74) is 1.87. The van der Waals surface area contributed by atoms with Crippen LogP contribution in [0, 0.1) is 0 Å². The van der Waals surface area contributed by atoms with Crippen LogP contribution in [-0.2, 0) is 0 Å². The highest BCUT2D eigenvalue weighted by Gasteiger charge is 2.25. The minimum atomic E-state index is -0.427. The van der Waals surface area contributed by atoms with Gasteiger partial charge in [-0.3, -0.25) is 4.79 Å². The number of nitrogens with zero attached hydrogens (tertiary/aromatic N) is 2. The topological polar surface area (TPSA) is 69.2 Å². The first-order valence-electron chi connectivity index (χ1n) is 7.18. The number of amides is 1. The van der Waals surface area contributed by atoms with Crippen LogP contribution in [0.25, 0.3) is 11.0 Å². The number of hydrogen-bond acceptors (Lipinski definition) is 3. The Bertz CT molecular complexity index is 832. The number of aromatic nitrogens is 2. The van der Waals surface area contributed by atoms with Gasteiger partial charge in [0.15, 0.2) is 0 Å². The number of nitrogens with one attached hydrogen (secondary N) is 1. The van der Waals surface area contributed by atoms with Crippen molar-refractivity contribution in [1.29, 1.82) is 0 Å². The normalized spacial score (nSPS) is 12.3. The highest BCUT2D eigenvalue weighted by molar-refractivity contribution is 6.36. The minimum Gasteiger partial charge on any atom is -0.394 e. The fraction of sp³-hybridized carbons (Fsp3) is 0.176. The van der Waals surface area contributed by atoms with Crippen molar-refractivity contribution in [3.05, 3.63) is 64.9 Å². The molecule has 0 spiro atoms. The first-order chi connectivity index (χ1) is 11.1. The Morgan fingerprint density at radius 3 is 2.78 bits per heavy atom. The molecule has 0 aliphatic heterocycles. The van der Waals surface area contributed by atoms with Gasteiger partial charge >= 0.3 is 0 Å².